The van der Waals surface area contributed by atoms with Crippen LogP contribution >= 0.6 is 11.8 Å². The summed E-state index contributed by atoms with van der Waals surface area (Å²) < 4.78 is 0. The summed E-state index contributed by atoms with van der Waals surface area (Å²) >= 11 is 1.35. The van der Waals surface area contributed by atoms with Crippen LogP contribution in [-0.2, 0) is 10.2 Å². The van der Waals surface area contributed by atoms with Gasteiger partial charge in [-0.2, -0.15) is 5.10 Å². The number of aromatic amines is 1. The highest BCUT2D eigenvalue weighted by molar-refractivity contribution is 7.99. The molecular weight excluding hydrogens is 356 g/mol. The number of H-pyrrole nitrogens is 1. The zero-order valence-electron chi connectivity index (χ0n) is 16.1. The van der Waals surface area contributed by atoms with Gasteiger partial charge >= 0.3 is 0 Å². The van der Waals surface area contributed by atoms with Crippen molar-refractivity contribution in [1.82, 2.24) is 15.2 Å². The highest BCUT2D eigenvalue weighted by Gasteiger charge is 2.41. The van der Waals surface area contributed by atoms with Gasteiger partial charge in [0.15, 0.2) is 5.16 Å². The Bertz CT molecular complexity index is 756. The zero-order chi connectivity index (χ0) is 18.9. The van der Waals surface area contributed by atoms with Crippen LogP contribution in [0.1, 0.15) is 51.5 Å². The van der Waals surface area contributed by atoms with E-state index in [1.807, 2.05) is 12.1 Å². The molecule has 2 atom stereocenters. The molecule has 144 valence electrons. The second kappa shape index (κ2) is 7.66. The lowest BCUT2D eigenvalue weighted by molar-refractivity contribution is -0.113. The number of nitrogens with one attached hydrogen (secondary N) is 2. The van der Waals surface area contributed by atoms with Gasteiger partial charge in [0.25, 0.3) is 0 Å². The Kier molecular flexibility index (Phi) is 5.26. The van der Waals surface area contributed by atoms with Crippen LogP contribution in [0.15, 0.2) is 35.7 Å². The summed E-state index contributed by atoms with van der Waals surface area (Å²) in [5, 5.41) is 10.2. The number of hydrogen-bond acceptors (Lipinski definition) is 4. The molecule has 1 aromatic carbocycles. The summed E-state index contributed by atoms with van der Waals surface area (Å²) in [7, 11) is 0. The average Bonchev–Trinajstić information content (AvgIpc) is 3.13. The lowest BCUT2D eigenvalue weighted by atomic mass is 9.57. The highest BCUT2D eigenvalue weighted by atomic mass is 32.2. The van der Waals surface area contributed by atoms with Gasteiger partial charge in [-0.15, -0.1) is 0 Å². The van der Waals surface area contributed by atoms with E-state index in [-0.39, 0.29) is 11.3 Å². The van der Waals surface area contributed by atoms with Gasteiger partial charge in [-0.1, -0.05) is 37.7 Å². The summed E-state index contributed by atoms with van der Waals surface area (Å²) in [6.45, 7) is 4.85. The van der Waals surface area contributed by atoms with Crippen molar-refractivity contribution in [2.45, 2.75) is 56.5 Å². The number of carbonyl (C=O) groups excluding carboxylic acids is 1. The number of benzene rings is 1. The van der Waals surface area contributed by atoms with Gasteiger partial charge in [0.1, 0.15) is 6.33 Å². The maximum Gasteiger partial charge on any atom is 0.234 e. The molecule has 2 saturated carbocycles. The Hall–Kier alpha value is -1.82. The van der Waals surface area contributed by atoms with Gasteiger partial charge in [-0.05, 0) is 73.0 Å². The van der Waals surface area contributed by atoms with E-state index < -0.39 is 0 Å². The molecule has 5 nitrogen and oxygen atoms in total. The van der Waals surface area contributed by atoms with Gasteiger partial charge < -0.3 is 5.32 Å². The first-order chi connectivity index (χ1) is 13.0. The molecule has 4 rings (SSSR count). The van der Waals surface area contributed by atoms with Gasteiger partial charge in [0, 0.05) is 5.69 Å². The van der Waals surface area contributed by atoms with Crippen LogP contribution in [0, 0.1) is 17.8 Å². The lowest BCUT2D eigenvalue weighted by Crippen LogP contribution is -2.38. The van der Waals surface area contributed by atoms with E-state index in [1.165, 1.54) is 55.8 Å². The first-order valence-electron chi connectivity index (χ1n) is 9.89. The minimum absolute atomic E-state index is 0.0310. The van der Waals surface area contributed by atoms with Gasteiger partial charge in [-0.3, -0.25) is 9.89 Å². The quantitative estimate of drug-likeness (QED) is 0.737. The first-order valence-corrected chi connectivity index (χ1v) is 10.9. The summed E-state index contributed by atoms with van der Waals surface area (Å²) in [6, 6.07) is 8.52. The third kappa shape index (κ3) is 4.37. The van der Waals surface area contributed by atoms with Crippen LogP contribution in [0.25, 0.3) is 0 Å². The van der Waals surface area contributed by atoms with E-state index in [9.17, 15) is 4.79 Å². The maximum atomic E-state index is 12.1. The molecule has 2 aliphatic carbocycles. The monoisotopic (exact) mass is 384 g/mol. The number of hydrogen-bond donors (Lipinski definition) is 2. The topological polar surface area (TPSA) is 70.7 Å². The minimum Gasteiger partial charge on any atom is -0.325 e. The Labute approximate surface area is 165 Å². The van der Waals surface area contributed by atoms with Gasteiger partial charge in [0.2, 0.25) is 5.91 Å². The highest BCUT2D eigenvalue weighted by Crippen LogP contribution is 2.51. The molecule has 2 unspecified atom stereocenters. The van der Waals surface area contributed by atoms with Crippen molar-refractivity contribution < 1.29 is 4.79 Å². The predicted molar refractivity (Wildman–Crippen MR) is 109 cm³/mol. The molecule has 2 aliphatic rings. The number of nitrogens with zero attached hydrogens (tertiary/aromatic N) is 2. The minimum atomic E-state index is -0.0310. The van der Waals surface area contributed by atoms with Crippen LogP contribution in [0.2, 0.25) is 0 Å². The molecule has 6 heteroatoms. The van der Waals surface area contributed by atoms with Crippen molar-refractivity contribution in [1.29, 1.82) is 0 Å². The zero-order valence-corrected chi connectivity index (χ0v) is 16.9. The number of aromatic nitrogens is 3. The molecule has 0 radical (unpaired) electrons. The van der Waals surface area contributed by atoms with E-state index in [4.69, 9.17) is 0 Å². The molecule has 1 amide bonds. The molecule has 27 heavy (non-hydrogen) atoms. The predicted octanol–water partition coefficient (Wildman–Crippen LogP) is 4.64. The van der Waals surface area contributed by atoms with E-state index in [1.54, 1.807) is 0 Å². The SMILES string of the molecule is CC1CC2CC(C1)CC(C)(c1ccc(NC(=O)CSc3ncn[nH]3)cc1)C2. The van der Waals surface area contributed by atoms with Crippen LogP contribution in [0.4, 0.5) is 5.69 Å². The van der Waals surface area contributed by atoms with Crippen molar-refractivity contribution in [3.63, 3.8) is 0 Å². The van der Waals surface area contributed by atoms with Crippen LogP contribution in [-0.4, -0.2) is 26.8 Å². The van der Waals surface area contributed by atoms with Crippen LogP contribution in [0.3, 0.4) is 0 Å². The molecule has 2 N–H and O–H groups in total. The summed E-state index contributed by atoms with van der Waals surface area (Å²) in [6.07, 6.45) is 8.25. The van der Waals surface area contributed by atoms with Crippen LogP contribution < -0.4 is 5.32 Å². The fourth-order valence-corrected chi connectivity index (χ4v) is 5.95. The third-order valence-electron chi connectivity index (χ3n) is 6.21. The van der Waals surface area contributed by atoms with Crippen LogP contribution in [0.5, 0.6) is 0 Å². The Morgan fingerprint density at radius 2 is 1.93 bits per heavy atom. The fraction of sp³-hybridized carbons (Fsp3) is 0.571. The largest absolute Gasteiger partial charge is 0.325 e. The van der Waals surface area contributed by atoms with Crippen molar-refractivity contribution in [2.24, 2.45) is 17.8 Å². The number of anilines is 1. The molecule has 2 bridgehead atoms. The van der Waals surface area contributed by atoms with Gasteiger partial charge in [0.05, 0.1) is 5.75 Å². The molecule has 2 aromatic rings. The fourth-order valence-electron chi connectivity index (χ4n) is 5.38. The summed E-state index contributed by atoms with van der Waals surface area (Å²) in [5.74, 6) is 2.94. The molecule has 0 saturated heterocycles. The molecule has 0 aliphatic heterocycles. The number of thioether (sulfide) groups is 1. The lowest BCUT2D eigenvalue weighted by Gasteiger charge is -2.47. The molecular formula is C21H28N4OS. The van der Waals surface area contributed by atoms with Gasteiger partial charge in [-0.25, -0.2) is 4.98 Å². The smallest absolute Gasteiger partial charge is 0.234 e. The number of fused-ring (bicyclic) bond motifs is 2. The van der Waals surface area contributed by atoms with Crippen molar-refractivity contribution in [3.8, 4) is 0 Å². The molecule has 1 aromatic heterocycles. The van der Waals surface area contributed by atoms with Crippen molar-refractivity contribution >= 4 is 23.4 Å². The normalized spacial score (nSPS) is 30.1. The molecule has 0 spiro atoms. The summed E-state index contributed by atoms with van der Waals surface area (Å²) in [4.78, 5) is 16.1. The second-order valence-electron chi connectivity index (χ2n) is 8.72. The first kappa shape index (κ1) is 18.5. The second-order valence-corrected chi connectivity index (χ2v) is 9.68. The Morgan fingerprint density at radius 3 is 2.56 bits per heavy atom. The van der Waals surface area contributed by atoms with E-state index in [0.717, 1.165) is 23.4 Å². The maximum absolute atomic E-state index is 12.1. The van der Waals surface area contributed by atoms with E-state index in [2.05, 4.69) is 46.5 Å². The average molecular weight is 385 g/mol. The third-order valence-corrected chi connectivity index (χ3v) is 7.09. The van der Waals surface area contributed by atoms with Crippen molar-refractivity contribution in [2.75, 3.05) is 11.1 Å². The Morgan fingerprint density at radius 1 is 1.22 bits per heavy atom. The van der Waals surface area contributed by atoms with E-state index >= 15 is 0 Å². The van der Waals surface area contributed by atoms with E-state index in [0.29, 0.717) is 10.9 Å². The molecule has 2 fully saturated rings. The summed E-state index contributed by atoms with van der Waals surface area (Å²) in [5.41, 5.74) is 2.55. The van der Waals surface area contributed by atoms with Crippen molar-refractivity contribution in [3.05, 3.63) is 36.2 Å². The standard InChI is InChI=1S/C21H28N4OS/c1-14-7-15-9-16(8-14)11-21(2,10-15)17-3-5-18(6-4-17)24-19(26)12-27-20-22-13-23-25-20/h3-6,13-16H,7-12H2,1-2H3,(H,24,26)(H,22,23,25). The number of amides is 1. The molecule has 1 heterocycles. The number of rotatable bonds is 5. The Balaban J connectivity index is 1.36. The number of carbonyl (C=O) groups is 1.